The van der Waals surface area contributed by atoms with Gasteiger partial charge in [-0.05, 0) is 27.7 Å². The summed E-state index contributed by atoms with van der Waals surface area (Å²) in [4.78, 5) is 29.7. The van der Waals surface area contributed by atoms with E-state index in [1.54, 1.807) is 27.7 Å². The van der Waals surface area contributed by atoms with Gasteiger partial charge in [0.15, 0.2) is 0 Å². The van der Waals surface area contributed by atoms with Crippen LogP contribution in [0, 0.1) is 0 Å². The maximum atomic E-state index is 11.5. The number of carbonyl (C=O) groups is 3. The van der Waals surface area contributed by atoms with E-state index in [2.05, 4.69) is 11.0 Å². The molecule has 118 valence electrons. The van der Waals surface area contributed by atoms with Crippen molar-refractivity contribution in [3.05, 3.63) is 0 Å². The van der Waals surface area contributed by atoms with Crippen LogP contribution in [0.3, 0.4) is 0 Å². The summed E-state index contributed by atoms with van der Waals surface area (Å²) in [5, 5.41) is 32.2. The van der Waals surface area contributed by atoms with Crippen LogP contribution in [-0.2, 0) is 14.4 Å². The van der Waals surface area contributed by atoms with Crippen molar-refractivity contribution in [2.24, 2.45) is 0 Å². The van der Waals surface area contributed by atoms with Crippen LogP contribution < -0.4 is 11.0 Å². The minimum Gasteiger partial charge on any atom is -0.473 e. The number of Topliss-reactive ketones (excluding diaryl/α,β-unsaturated/α-hetero) is 1. The second kappa shape index (κ2) is 8.59. The lowest BCUT2D eigenvalue weighted by Crippen LogP contribution is -2.43. The van der Waals surface area contributed by atoms with Gasteiger partial charge < -0.3 is 20.6 Å². The number of rotatable bonds is 6. The molecule has 0 atom stereocenters. The van der Waals surface area contributed by atoms with Gasteiger partial charge in [0.1, 0.15) is 5.78 Å². The number of nitrogens with one attached hydrogen (secondary N) is 2. The lowest BCUT2D eigenvalue weighted by Gasteiger charge is -2.25. The summed E-state index contributed by atoms with van der Waals surface area (Å²) in [5.41, 5.74) is 2.90. The van der Waals surface area contributed by atoms with Gasteiger partial charge in [0.2, 0.25) is 0 Å². The average Bonchev–Trinajstić information content (AvgIpc) is 2.28. The number of hydrogen-bond donors (Lipinski definition) is 6. The molecule has 0 aromatic heterocycles. The van der Waals surface area contributed by atoms with E-state index in [0.29, 0.717) is 0 Å². The number of carboxylic acid groups (broad SMARTS) is 2. The Labute approximate surface area is 116 Å². The van der Waals surface area contributed by atoms with E-state index in [1.165, 1.54) is 0 Å². The van der Waals surface area contributed by atoms with E-state index in [4.69, 9.17) is 30.2 Å². The first kappa shape index (κ1) is 20.8. The number of carboxylic acids is 2. The second-order valence-corrected chi connectivity index (χ2v) is 5.49. The van der Waals surface area contributed by atoms with Gasteiger partial charge in [0.05, 0.1) is 0 Å². The van der Waals surface area contributed by atoms with Crippen molar-refractivity contribution in [2.45, 2.75) is 51.6 Å². The predicted octanol–water partition coefficient (Wildman–Crippen LogP) is 0.00610. The third-order valence-electron chi connectivity index (χ3n) is 2.07. The van der Waals surface area contributed by atoms with Crippen molar-refractivity contribution < 1.29 is 35.0 Å². The summed E-state index contributed by atoms with van der Waals surface area (Å²) in [5.74, 6) is -3.67. The Bertz CT molecular complexity index is 321. The molecule has 0 saturated heterocycles. The molecule has 0 bridgehead atoms. The van der Waals surface area contributed by atoms with E-state index in [1.807, 2.05) is 0 Å². The smallest absolute Gasteiger partial charge is 0.414 e. The van der Waals surface area contributed by atoms with Crippen LogP contribution in [0.25, 0.3) is 0 Å². The van der Waals surface area contributed by atoms with Gasteiger partial charge in [0, 0.05) is 23.9 Å². The lowest BCUT2D eigenvalue weighted by atomic mass is 9.91. The molecule has 0 heterocycles. The molecule has 20 heavy (non-hydrogen) atoms. The molecular formula is C11H22N2O7. The van der Waals surface area contributed by atoms with Crippen LogP contribution >= 0.6 is 0 Å². The number of hydroxylamine groups is 2. The molecule has 0 aliphatic rings. The Kier molecular flexibility index (Phi) is 8.91. The highest BCUT2D eigenvalue weighted by Gasteiger charge is 2.26. The Morgan fingerprint density at radius 3 is 1.20 bits per heavy atom. The van der Waals surface area contributed by atoms with Gasteiger partial charge in [-0.3, -0.25) is 4.79 Å². The summed E-state index contributed by atoms with van der Waals surface area (Å²) >= 11 is 0. The largest absolute Gasteiger partial charge is 0.473 e. The molecule has 6 N–H and O–H groups in total. The third-order valence-corrected chi connectivity index (χ3v) is 2.07. The van der Waals surface area contributed by atoms with Crippen LogP contribution in [0.5, 0.6) is 0 Å². The van der Waals surface area contributed by atoms with Crippen molar-refractivity contribution in [1.82, 2.24) is 11.0 Å². The first-order valence-corrected chi connectivity index (χ1v) is 5.67. The fourth-order valence-electron chi connectivity index (χ4n) is 1.13. The molecule has 0 radical (unpaired) electrons. The highest BCUT2D eigenvalue weighted by Crippen LogP contribution is 2.14. The quantitative estimate of drug-likeness (QED) is 0.293. The Morgan fingerprint density at radius 1 is 0.800 bits per heavy atom. The Hall–Kier alpha value is -1.55. The minimum absolute atomic E-state index is 0.0249. The van der Waals surface area contributed by atoms with Gasteiger partial charge in [0.25, 0.3) is 0 Å². The molecule has 0 saturated carbocycles. The molecule has 9 nitrogen and oxygen atoms in total. The van der Waals surface area contributed by atoms with E-state index in [0.717, 1.165) is 0 Å². The monoisotopic (exact) mass is 294 g/mol. The Morgan fingerprint density at radius 2 is 1.05 bits per heavy atom. The number of aliphatic carboxylic acids is 2. The molecule has 0 aliphatic heterocycles. The first-order valence-electron chi connectivity index (χ1n) is 5.67. The van der Waals surface area contributed by atoms with E-state index in [-0.39, 0.29) is 18.6 Å². The molecule has 9 heteroatoms. The van der Waals surface area contributed by atoms with Crippen molar-refractivity contribution in [3.63, 3.8) is 0 Å². The fraction of sp³-hybridized carbons (Fsp3) is 0.727. The van der Waals surface area contributed by atoms with Gasteiger partial charge in [-0.15, -0.1) is 0 Å². The molecule has 0 aliphatic carbocycles. The van der Waals surface area contributed by atoms with Crippen LogP contribution in [0.4, 0.5) is 0 Å². The van der Waals surface area contributed by atoms with E-state index >= 15 is 0 Å². The maximum absolute atomic E-state index is 11.5. The summed E-state index contributed by atoms with van der Waals surface area (Å²) in [6.07, 6.45) is 0.434. The van der Waals surface area contributed by atoms with E-state index in [9.17, 15) is 4.79 Å². The van der Waals surface area contributed by atoms with Crippen molar-refractivity contribution >= 4 is 17.7 Å². The Balaban J connectivity index is 0. The molecule has 0 fully saturated rings. The first-order chi connectivity index (χ1) is 8.87. The molecule has 0 unspecified atom stereocenters. The fourth-order valence-corrected chi connectivity index (χ4v) is 1.13. The highest BCUT2D eigenvalue weighted by molar-refractivity contribution is 6.27. The van der Waals surface area contributed by atoms with Crippen LogP contribution in [-0.4, -0.2) is 49.4 Å². The summed E-state index contributed by atoms with van der Waals surface area (Å²) < 4.78 is 0. The summed E-state index contributed by atoms with van der Waals surface area (Å²) in [6, 6.07) is 0. The molecule has 0 spiro atoms. The zero-order chi connectivity index (χ0) is 16.6. The molecule has 0 aromatic rings. The second-order valence-electron chi connectivity index (χ2n) is 5.49. The maximum Gasteiger partial charge on any atom is 0.414 e. The normalized spacial score (nSPS) is 11.3. The number of ketones is 1. The minimum atomic E-state index is -1.82. The molecule has 0 amide bonds. The lowest BCUT2D eigenvalue weighted by molar-refractivity contribution is -0.159. The van der Waals surface area contributed by atoms with Gasteiger partial charge in [-0.25, -0.2) is 9.59 Å². The van der Waals surface area contributed by atoms with Gasteiger partial charge in [-0.1, -0.05) is 0 Å². The van der Waals surface area contributed by atoms with E-state index < -0.39 is 23.0 Å². The van der Waals surface area contributed by atoms with Crippen molar-refractivity contribution in [2.75, 3.05) is 0 Å². The number of carbonyl (C=O) groups excluding carboxylic acids is 1. The average molecular weight is 294 g/mol. The molecule has 0 rings (SSSR count). The van der Waals surface area contributed by atoms with Gasteiger partial charge in [-0.2, -0.15) is 11.0 Å². The van der Waals surface area contributed by atoms with Crippen LogP contribution in [0.1, 0.15) is 40.5 Å². The standard InChI is InChI=1S/C9H20N2O3.C2H2O4/c1-8(2,10-13)5-7(12)6-9(3,4)11-14;3-1(4)2(5)6/h10-11,13-14H,5-6H2,1-4H3;(H,3,4)(H,5,6). The molecule has 0 aromatic carbocycles. The molecular weight excluding hydrogens is 272 g/mol. The predicted molar refractivity (Wildman–Crippen MR) is 67.5 cm³/mol. The zero-order valence-electron chi connectivity index (χ0n) is 11.9. The zero-order valence-corrected chi connectivity index (χ0v) is 11.9. The van der Waals surface area contributed by atoms with Crippen molar-refractivity contribution in [1.29, 1.82) is 0 Å². The van der Waals surface area contributed by atoms with Gasteiger partial charge >= 0.3 is 11.9 Å². The SMILES string of the molecule is CC(C)(CC(=O)CC(C)(C)NO)NO.O=C(O)C(=O)O. The van der Waals surface area contributed by atoms with Crippen LogP contribution in [0.2, 0.25) is 0 Å². The third kappa shape index (κ3) is 11.5. The van der Waals surface area contributed by atoms with Crippen molar-refractivity contribution in [3.8, 4) is 0 Å². The number of hydrogen-bond acceptors (Lipinski definition) is 7. The summed E-state index contributed by atoms with van der Waals surface area (Å²) in [6.45, 7) is 6.91. The highest BCUT2D eigenvalue weighted by atomic mass is 16.5. The topological polar surface area (TPSA) is 156 Å². The summed E-state index contributed by atoms with van der Waals surface area (Å²) in [7, 11) is 0. The van der Waals surface area contributed by atoms with Crippen LogP contribution in [0.15, 0.2) is 0 Å².